The quantitative estimate of drug-likeness (QED) is 0.525. The van der Waals surface area contributed by atoms with E-state index in [0.717, 1.165) is 28.8 Å². The third kappa shape index (κ3) is 4.11. The van der Waals surface area contributed by atoms with Gasteiger partial charge in [0.05, 0.1) is 0 Å². The Morgan fingerprint density at radius 3 is 2.57 bits per heavy atom. The zero-order valence-corrected chi connectivity index (χ0v) is 15.0. The number of benzene rings is 1. The van der Waals surface area contributed by atoms with E-state index >= 15 is 0 Å². The summed E-state index contributed by atoms with van der Waals surface area (Å²) in [6.07, 6.45) is 8.98. The maximum atomic E-state index is 12.1. The van der Waals surface area contributed by atoms with Gasteiger partial charge in [0.25, 0.3) is 0 Å². The number of halogens is 1. The van der Waals surface area contributed by atoms with E-state index in [2.05, 4.69) is 27.8 Å². The second-order valence-electron chi connectivity index (χ2n) is 6.43. The van der Waals surface area contributed by atoms with E-state index < -0.39 is 0 Å². The molecule has 0 aromatic heterocycles. The first-order chi connectivity index (χ1) is 11.2. The van der Waals surface area contributed by atoms with Crippen molar-refractivity contribution in [2.45, 2.75) is 45.4 Å². The van der Waals surface area contributed by atoms with Gasteiger partial charge in [0.2, 0.25) is 5.90 Å². The van der Waals surface area contributed by atoms with E-state index in [-0.39, 0.29) is 5.97 Å². The molecule has 0 unspecified atom stereocenters. The molecule has 1 saturated carbocycles. The van der Waals surface area contributed by atoms with Crippen LogP contribution in [-0.2, 0) is 9.53 Å². The normalized spacial score (nSPS) is 26.3. The van der Waals surface area contributed by atoms with Crippen molar-refractivity contribution in [3.8, 4) is 0 Å². The highest BCUT2D eigenvalue weighted by Gasteiger charge is 2.32. The van der Waals surface area contributed by atoms with E-state index in [9.17, 15) is 4.79 Å². The molecule has 0 N–H and O–H groups in total. The third-order valence-electron chi connectivity index (χ3n) is 4.70. The first-order valence-corrected chi connectivity index (χ1v) is 9.23. The average molecular weight is 376 g/mol. The van der Waals surface area contributed by atoms with Crippen LogP contribution in [0.3, 0.4) is 0 Å². The zero-order chi connectivity index (χ0) is 16.2. The summed E-state index contributed by atoms with van der Waals surface area (Å²) >= 11 is 3.41. The summed E-state index contributed by atoms with van der Waals surface area (Å²) in [6.45, 7) is 2.24. The Labute approximate surface area is 146 Å². The number of ether oxygens (including phenoxy) is 1. The van der Waals surface area contributed by atoms with Gasteiger partial charge in [-0.05, 0) is 55.4 Å². The van der Waals surface area contributed by atoms with Crippen LogP contribution in [0.2, 0.25) is 0 Å². The summed E-state index contributed by atoms with van der Waals surface area (Å²) in [5, 5.41) is 0. The van der Waals surface area contributed by atoms with Crippen molar-refractivity contribution in [1.29, 1.82) is 0 Å². The minimum atomic E-state index is -0.321. The maximum Gasteiger partial charge on any atom is 0.363 e. The van der Waals surface area contributed by atoms with Crippen LogP contribution in [0.1, 0.15) is 51.0 Å². The van der Waals surface area contributed by atoms with Crippen molar-refractivity contribution in [3.05, 3.63) is 40.0 Å². The molecule has 23 heavy (non-hydrogen) atoms. The van der Waals surface area contributed by atoms with Gasteiger partial charge in [-0.15, -0.1) is 0 Å². The predicted octanol–water partition coefficient (Wildman–Crippen LogP) is 5.35. The molecule has 0 spiro atoms. The summed E-state index contributed by atoms with van der Waals surface area (Å²) < 4.78 is 6.45. The van der Waals surface area contributed by atoms with E-state index in [4.69, 9.17) is 4.74 Å². The number of carbonyl (C=O) groups is 1. The van der Waals surface area contributed by atoms with Crippen LogP contribution in [-0.4, -0.2) is 11.9 Å². The summed E-state index contributed by atoms with van der Waals surface area (Å²) in [4.78, 5) is 16.5. The van der Waals surface area contributed by atoms with Crippen molar-refractivity contribution in [1.82, 2.24) is 0 Å². The summed E-state index contributed by atoms with van der Waals surface area (Å²) in [5.74, 6) is 1.46. The van der Waals surface area contributed by atoms with Crippen molar-refractivity contribution in [3.63, 3.8) is 0 Å². The van der Waals surface area contributed by atoms with Gasteiger partial charge in [0.1, 0.15) is 0 Å². The number of nitrogens with zero attached hydrogens (tertiary/aromatic N) is 1. The van der Waals surface area contributed by atoms with Gasteiger partial charge in [-0.25, -0.2) is 9.79 Å². The fraction of sp³-hybridized carbons (Fsp3) is 0.474. The molecule has 0 radical (unpaired) electrons. The van der Waals surface area contributed by atoms with E-state index in [1.807, 2.05) is 24.3 Å². The molecule has 122 valence electrons. The number of hydrogen-bond acceptors (Lipinski definition) is 3. The number of hydrogen-bond donors (Lipinski definition) is 0. The number of aliphatic imine (C=N–C) groups is 1. The number of carbonyl (C=O) groups excluding carboxylic acids is 1. The van der Waals surface area contributed by atoms with Crippen LogP contribution in [0.25, 0.3) is 6.08 Å². The predicted molar refractivity (Wildman–Crippen MR) is 96.0 cm³/mol. The van der Waals surface area contributed by atoms with Crippen LogP contribution in [0.4, 0.5) is 0 Å². The maximum absolute atomic E-state index is 12.1. The van der Waals surface area contributed by atoms with Gasteiger partial charge in [-0.3, -0.25) is 0 Å². The Hall–Kier alpha value is -1.42. The fourth-order valence-electron chi connectivity index (χ4n) is 3.42. The van der Waals surface area contributed by atoms with Gasteiger partial charge in [0, 0.05) is 10.4 Å². The Kier molecular flexibility index (Phi) is 5.31. The standard InChI is InChI=1S/C19H22BrNO2/c1-2-3-13-4-8-15(9-5-13)18-21-17(19(22)23-18)12-14-6-10-16(20)11-7-14/h6-7,10-13,15H,2-5,8-9H2,1H3/b17-12-. The molecule has 4 heteroatoms. The Bertz CT molecular complexity index is 625. The highest BCUT2D eigenvalue weighted by Crippen LogP contribution is 2.34. The van der Waals surface area contributed by atoms with Crippen molar-refractivity contribution in [2.75, 3.05) is 0 Å². The lowest BCUT2D eigenvalue weighted by atomic mass is 9.80. The van der Waals surface area contributed by atoms with Crippen LogP contribution in [0, 0.1) is 11.8 Å². The van der Waals surface area contributed by atoms with Crippen LogP contribution >= 0.6 is 15.9 Å². The van der Waals surface area contributed by atoms with Gasteiger partial charge >= 0.3 is 5.97 Å². The Morgan fingerprint density at radius 2 is 1.91 bits per heavy atom. The minimum absolute atomic E-state index is 0.308. The minimum Gasteiger partial charge on any atom is -0.406 e. The zero-order valence-electron chi connectivity index (χ0n) is 13.4. The topological polar surface area (TPSA) is 38.7 Å². The molecule has 0 bridgehead atoms. The molecular formula is C19H22BrNO2. The molecule has 1 aliphatic carbocycles. The lowest BCUT2D eigenvalue weighted by molar-refractivity contribution is -0.130. The van der Waals surface area contributed by atoms with Gasteiger partial charge < -0.3 is 4.74 Å². The Balaban J connectivity index is 1.68. The molecule has 3 nitrogen and oxygen atoms in total. The highest BCUT2D eigenvalue weighted by molar-refractivity contribution is 9.10. The van der Waals surface area contributed by atoms with Crippen LogP contribution in [0.5, 0.6) is 0 Å². The monoisotopic (exact) mass is 375 g/mol. The molecule has 1 fully saturated rings. The summed E-state index contributed by atoms with van der Waals surface area (Å²) in [5.41, 5.74) is 1.37. The first kappa shape index (κ1) is 16.4. The van der Waals surface area contributed by atoms with Gasteiger partial charge in [0.15, 0.2) is 5.70 Å². The number of rotatable bonds is 4. The molecule has 1 aliphatic heterocycles. The fourth-order valence-corrected chi connectivity index (χ4v) is 3.69. The summed E-state index contributed by atoms with van der Waals surface area (Å²) in [7, 11) is 0. The largest absolute Gasteiger partial charge is 0.406 e. The van der Waals surface area contributed by atoms with Gasteiger partial charge in [-0.2, -0.15) is 0 Å². The lowest BCUT2D eigenvalue weighted by Gasteiger charge is -2.27. The SMILES string of the molecule is CCCC1CCC(C2=N/C(=C\c3ccc(Br)cc3)C(=O)O2)CC1. The lowest BCUT2D eigenvalue weighted by Crippen LogP contribution is -2.22. The van der Waals surface area contributed by atoms with Crippen LogP contribution in [0.15, 0.2) is 39.4 Å². The first-order valence-electron chi connectivity index (χ1n) is 8.43. The van der Waals surface area contributed by atoms with Gasteiger partial charge in [-0.1, -0.05) is 47.8 Å². The molecular weight excluding hydrogens is 354 g/mol. The van der Waals surface area contributed by atoms with Crippen LogP contribution < -0.4 is 0 Å². The van der Waals surface area contributed by atoms with Crippen molar-refractivity contribution in [2.24, 2.45) is 16.8 Å². The molecule has 3 rings (SSSR count). The van der Waals surface area contributed by atoms with Crippen molar-refractivity contribution < 1.29 is 9.53 Å². The second-order valence-corrected chi connectivity index (χ2v) is 7.34. The highest BCUT2D eigenvalue weighted by atomic mass is 79.9. The van der Waals surface area contributed by atoms with Crippen molar-refractivity contribution >= 4 is 33.9 Å². The molecule has 1 aromatic rings. The van der Waals surface area contributed by atoms with E-state index in [1.54, 1.807) is 6.08 Å². The number of cyclic esters (lactones) is 1. The molecule has 2 aliphatic rings. The third-order valence-corrected chi connectivity index (χ3v) is 5.23. The average Bonchev–Trinajstić information content (AvgIpc) is 2.92. The molecule has 0 amide bonds. The number of esters is 1. The van der Waals surface area contributed by atoms with E-state index in [0.29, 0.717) is 17.5 Å². The molecule has 0 saturated heterocycles. The molecule has 1 aromatic carbocycles. The van der Waals surface area contributed by atoms with E-state index in [1.165, 1.54) is 25.7 Å². The Morgan fingerprint density at radius 1 is 1.22 bits per heavy atom. The second kappa shape index (κ2) is 7.43. The smallest absolute Gasteiger partial charge is 0.363 e. The molecule has 1 heterocycles. The summed E-state index contributed by atoms with van der Waals surface area (Å²) in [6, 6.07) is 7.81. The molecule has 0 atom stereocenters.